The van der Waals surface area contributed by atoms with Crippen LogP contribution in [0.3, 0.4) is 0 Å². The molecule has 0 heterocycles. The SMILES string of the molecule is CCCCCCC[NH+](C)CCCCC.[Cl-]. The van der Waals surface area contributed by atoms with Crippen LogP contribution in [0.1, 0.15) is 65.2 Å². The predicted molar refractivity (Wildman–Crippen MR) is 64.9 cm³/mol. The van der Waals surface area contributed by atoms with Crippen LogP contribution < -0.4 is 17.3 Å². The summed E-state index contributed by atoms with van der Waals surface area (Å²) in [7, 11) is 2.34. The number of hydrogen-bond donors (Lipinski definition) is 1. The summed E-state index contributed by atoms with van der Waals surface area (Å²) in [4.78, 5) is 1.73. The van der Waals surface area contributed by atoms with Gasteiger partial charge in [0.15, 0.2) is 0 Å². The van der Waals surface area contributed by atoms with Crippen LogP contribution in [0.15, 0.2) is 0 Å². The highest BCUT2D eigenvalue weighted by Crippen LogP contribution is 2.00. The van der Waals surface area contributed by atoms with Crippen LogP contribution in [0.2, 0.25) is 0 Å². The van der Waals surface area contributed by atoms with Gasteiger partial charge in [0.05, 0.1) is 20.1 Å². The Balaban J connectivity index is 0. The number of hydrogen-bond acceptors (Lipinski definition) is 0. The first kappa shape index (κ1) is 17.6. The summed E-state index contributed by atoms with van der Waals surface area (Å²) in [6, 6.07) is 0. The maximum Gasteiger partial charge on any atom is 0.0768 e. The molecular weight excluding hydrogens is 206 g/mol. The molecule has 0 bridgehead atoms. The van der Waals surface area contributed by atoms with Gasteiger partial charge in [-0.1, -0.05) is 39.5 Å². The van der Waals surface area contributed by atoms with E-state index in [1.165, 1.54) is 64.5 Å². The molecule has 1 N–H and O–H groups in total. The van der Waals surface area contributed by atoms with Gasteiger partial charge in [0.1, 0.15) is 0 Å². The fraction of sp³-hybridized carbons (Fsp3) is 1.00. The Bertz CT molecular complexity index is 107. The lowest BCUT2D eigenvalue weighted by atomic mass is 10.1. The van der Waals surface area contributed by atoms with E-state index >= 15 is 0 Å². The zero-order valence-electron chi connectivity index (χ0n) is 10.9. The minimum atomic E-state index is 0. The predicted octanol–water partition coefficient (Wildman–Crippen LogP) is -0.334. The van der Waals surface area contributed by atoms with Crippen molar-refractivity contribution in [3.63, 3.8) is 0 Å². The molecule has 94 valence electrons. The fourth-order valence-electron chi connectivity index (χ4n) is 1.83. The van der Waals surface area contributed by atoms with Gasteiger partial charge in [0.25, 0.3) is 0 Å². The molecule has 0 aromatic carbocycles. The lowest BCUT2D eigenvalue weighted by Gasteiger charge is -2.13. The van der Waals surface area contributed by atoms with Crippen LogP contribution in [0.5, 0.6) is 0 Å². The first-order valence-electron chi connectivity index (χ1n) is 6.62. The summed E-state index contributed by atoms with van der Waals surface area (Å²) < 4.78 is 0. The van der Waals surface area contributed by atoms with Crippen molar-refractivity contribution in [3.05, 3.63) is 0 Å². The largest absolute Gasteiger partial charge is 1.00 e. The van der Waals surface area contributed by atoms with Gasteiger partial charge in [-0.25, -0.2) is 0 Å². The van der Waals surface area contributed by atoms with Gasteiger partial charge in [0, 0.05) is 0 Å². The smallest absolute Gasteiger partial charge is 0.0768 e. The molecule has 1 atom stereocenters. The van der Waals surface area contributed by atoms with Crippen molar-refractivity contribution in [3.8, 4) is 0 Å². The molecule has 15 heavy (non-hydrogen) atoms. The zero-order chi connectivity index (χ0) is 10.6. The lowest BCUT2D eigenvalue weighted by molar-refractivity contribution is -0.880. The second kappa shape index (κ2) is 14.2. The summed E-state index contributed by atoms with van der Waals surface area (Å²) in [5.41, 5.74) is 0. The molecular formula is C13H30ClN. The third-order valence-electron chi connectivity index (χ3n) is 2.91. The van der Waals surface area contributed by atoms with Crippen molar-refractivity contribution in [2.45, 2.75) is 65.2 Å². The molecule has 0 aliphatic heterocycles. The normalized spacial score (nSPS) is 12.2. The number of rotatable bonds is 10. The van der Waals surface area contributed by atoms with E-state index in [-0.39, 0.29) is 12.4 Å². The van der Waals surface area contributed by atoms with Crippen LogP contribution >= 0.6 is 0 Å². The first-order chi connectivity index (χ1) is 6.81. The maximum absolute atomic E-state index is 2.34. The summed E-state index contributed by atoms with van der Waals surface area (Å²) >= 11 is 0. The summed E-state index contributed by atoms with van der Waals surface area (Å²) in [6.45, 7) is 7.32. The van der Waals surface area contributed by atoms with Crippen LogP contribution in [0.4, 0.5) is 0 Å². The van der Waals surface area contributed by atoms with Crippen molar-refractivity contribution in [1.82, 2.24) is 0 Å². The van der Waals surface area contributed by atoms with Gasteiger partial charge >= 0.3 is 0 Å². The van der Waals surface area contributed by atoms with Gasteiger partial charge in [-0.2, -0.15) is 0 Å². The van der Waals surface area contributed by atoms with Crippen molar-refractivity contribution >= 4 is 0 Å². The van der Waals surface area contributed by atoms with Crippen molar-refractivity contribution in [2.75, 3.05) is 20.1 Å². The van der Waals surface area contributed by atoms with Crippen LogP contribution in [0.25, 0.3) is 0 Å². The molecule has 0 spiro atoms. The zero-order valence-corrected chi connectivity index (χ0v) is 11.7. The van der Waals surface area contributed by atoms with Crippen LogP contribution in [-0.4, -0.2) is 20.1 Å². The van der Waals surface area contributed by atoms with Gasteiger partial charge in [-0.3, -0.25) is 0 Å². The highest BCUT2D eigenvalue weighted by molar-refractivity contribution is 4.41. The molecule has 0 amide bonds. The highest BCUT2D eigenvalue weighted by atomic mass is 35.5. The molecule has 1 unspecified atom stereocenters. The Labute approximate surface area is 103 Å². The number of halogens is 1. The molecule has 0 radical (unpaired) electrons. The van der Waals surface area contributed by atoms with E-state index in [1.807, 2.05) is 0 Å². The fourth-order valence-corrected chi connectivity index (χ4v) is 1.83. The monoisotopic (exact) mass is 235 g/mol. The van der Waals surface area contributed by atoms with Gasteiger partial charge in [-0.05, 0) is 25.7 Å². The highest BCUT2D eigenvalue weighted by Gasteiger charge is 2.00. The molecule has 1 nitrogen and oxygen atoms in total. The Morgan fingerprint density at radius 3 is 1.60 bits per heavy atom. The van der Waals surface area contributed by atoms with E-state index in [0.29, 0.717) is 0 Å². The second-order valence-corrected chi connectivity index (χ2v) is 4.58. The minimum Gasteiger partial charge on any atom is -1.00 e. The molecule has 0 aromatic rings. The van der Waals surface area contributed by atoms with E-state index in [0.717, 1.165) is 0 Å². The number of nitrogens with one attached hydrogen (secondary N) is 1. The molecule has 0 rings (SSSR count). The molecule has 0 aliphatic rings. The van der Waals surface area contributed by atoms with E-state index in [1.54, 1.807) is 4.90 Å². The molecule has 0 saturated carbocycles. The van der Waals surface area contributed by atoms with E-state index in [4.69, 9.17) is 0 Å². The Morgan fingerprint density at radius 1 is 0.667 bits per heavy atom. The Hall–Kier alpha value is 0.250. The maximum atomic E-state index is 2.34. The van der Waals surface area contributed by atoms with Gasteiger partial charge in [-0.15, -0.1) is 0 Å². The number of quaternary nitrogens is 1. The lowest BCUT2D eigenvalue weighted by Crippen LogP contribution is -3.09. The summed E-state index contributed by atoms with van der Waals surface area (Å²) in [6.07, 6.45) is 11.3. The standard InChI is InChI=1S/C13H29N.ClH/c1-4-6-8-9-11-13-14(3)12-10-7-5-2;/h4-13H2,1-3H3;1H. The Morgan fingerprint density at radius 2 is 1.07 bits per heavy atom. The van der Waals surface area contributed by atoms with Gasteiger partial charge < -0.3 is 17.3 Å². The van der Waals surface area contributed by atoms with Crippen LogP contribution in [-0.2, 0) is 0 Å². The van der Waals surface area contributed by atoms with Gasteiger partial charge in [0.2, 0.25) is 0 Å². The average Bonchev–Trinajstić information content (AvgIpc) is 2.18. The number of unbranched alkanes of at least 4 members (excludes halogenated alkanes) is 6. The molecule has 0 aliphatic carbocycles. The molecule has 0 saturated heterocycles. The molecule has 0 fully saturated rings. The molecule has 0 aromatic heterocycles. The first-order valence-corrected chi connectivity index (χ1v) is 6.62. The van der Waals surface area contributed by atoms with Crippen LogP contribution in [0, 0.1) is 0 Å². The van der Waals surface area contributed by atoms with E-state index in [2.05, 4.69) is 20.9 Å². The quantitative estimate of drug-likeness (QED) is 0.495. The topological polar surface area (TPSA) is 4.44 Å². The van der Waals surface area contributed by atoms with Crippen molar-refractivity contribution in [1.29, 1.82) is 0 Å². The third kappa shape index (κ3) is 14.2. The minimum absolute atomic E-state index is 0. The summed E-state index contributed by atoms with van der Waals surface area (Å²) in [5.74, 6) is 0. The third-order valence-corrected chi connectivity index (χ3v) is 2.91. The Kier molecular flexibility index (Phi) is 16.8. The molecule has 2 heteroatoms. The summed E-state index contributed by atoms with van der Waals surface area (Å²) in [5, 5.41) is 0. The van der Waals surface area contributed by atoms with E-state index < -0.39 is 0 Å². The average molecular weight is 236 g/mol. The van der Waals surface area contributed by atoms with Crippen molar-refractivity contribution < 1.29 is 17.3 Å². The van der Waals surface area contributed by atoms with Crippen molar-refractivity contribution in [2.24, 2.45) is 0 Å². The van der Waals surface area contributed by atoms with E-state index in [9.17, 15) is 0 Å². The second-order valence-electron chi connectivity index (χ2n) is 4.58.